The summed E-state index contributed by atoms with van der Waals surface area (Å²) in [6.45, 7) is 2.26. The number of halogens is 1. The second-order valence-electron chi connectivity index (χ2n) is 5.02. The van der Waals surface area contributed by atoms with E-state index in [2.05, 4.69) is 4.72 Å². The predicted molar refractivity (Wildman–Crippen MR) is 76.4 cm³/mol. The van der Waals surface area contributed by atoms with Crippen molar-refractivity contribution in [3.63, 3.8) is 0 Å². The van der Waals surface area contributed by atoms with Crippen molar-refractivity contribution < 1.29 is 18.3 Å². The maximum atomic E-state index is 12.5. The summed E-state index contributed by atoms with van der Waals surface area (Å²) in [5.74, 6) is 0. The minimum Gasteiger partial charge on any atom is -0.394 e. The third kappa shape index (κ3) is 3.15. The van der Waals surface area contributed by atoms with Crippen LogP contribution in [0, 0.1) is 6.92 Å². The van der Waals surface area contributed by atoms with Gasteiger partial charge in [0, 0.05) is 18.2 Å². The van der Waals surface area contributed by atoms with Gasteiger partial charge >= 0.3 is 0 Å². The number of aliphatic hydroxyl groups excluding tert-OH is 1. The van der Waals surface area contributed by atoms with Gasteiger partial charge < -0.3 is 9.84 Å². The fraction of sp³-hybridized carbons (Fsp3) is 0.538. The second-order valence-corrected chi connectivity index (χ2v) is 7.08. The molecule has 2 rings (SSSR count). The number of sulfonamides is 1. The Balaban J connectivity index is 2.33. The highest BCUT2D eigenvalue weighted by Crippen LogP contribution is 2.27. The van der Waals surface area contributed by atoms with Crippen LogP contribution in [-0.2, 0) is 14.8 Å². The van der Waals surface area contributed by atoms with E-state index in [1.165, 1.54) is 6.07 Å². The van der Waals surface area contributed by atoms with Crippen molar-refractivity contribution in [2.24, 2.45) is 0 Å². The van der Waals surface area contributed by atoms with Gasteiger partial charge in [-0.3, -0.25) is 0 Å². The van der Waals surface area contributed by atoms with E-state index in [4.69, 9.17) is 16.3 Å². The zero-order chi connectivity index (χ0) is 14.8. The van der Waals surface area contributed by atoms with Gasteiger partial charge in [0.05, 0.1) is 17.0 Å². The second kappa shape index (κ2) is 5.99. The lowest BCUT2D eigenvalue weighted by Crippen LogP contribution is -2.54. The average Bonchev–Trinajstić information content (AvgIpc) is 2.42. The predicted octanol–water partition coefficient (Wildman–Crippen LogP) is 1.47. The molecule has 0 bridgehead atoms. The fourth-order valence-electron chi connectivity index (χ4n) is 2.27. The SMILES string of the molecule is Cc1c(Cl)cccc1S(=O)(=O)NC1(CO)CCOCC1. The van der Waals surface area contributed by atoms with E-state index < -0.39 is 15.6 Å². The molecule has 0 aromatic heterocycles. The van der Waals surface area contributed by atoms with E-state index in [0.29, 0.717) is 36.6 Å². The Morgan fingerprint density at radius 3 is 2.65 bits per heavy atom. The molecule has 1 aromatic rings. The molecule has 1 saturated heterocycles. The van der Waals surface area contributed by atoms with Crippen molar-refractivity contribution >= 4 is 21.6 Å². The number of ether oxygens (including phenoxy) is 1. The third-order valence-electron chi connectivity index (χ3n) is 3.61. The van der Waals surface area contributed by atoms with Crippen molar-refractivity contribution in [2.45, 2.75) is 30.2 Å². The van der Waals surface area contributed by atoms with Gasteiger partial charge in [0.15, 0.2) is 0 Å². The molecule has 2 N–H and O–H groups in total. The molecule has 1 aliphatic heterocycles. The quantitative estimate of drug-likeness (QED) is 0.881. The number of benzene rings is 1. The van der Waals surface area contributed by atoms with Gasteiger partial charge in [-0.2, -0.15) is 0 Å². The molecule has 0 radical (unpaired) electrons. The lowest BCUT2D eigenvalue weighted by Gasteiger charge is -2.36. The first-order chi connectivity index (χ1) is 9.40. The summed E-state index contributed by atoms with van der Waals surface area (Å²) < 4.78 is 32.9. The van der Waals surface area contributed by atoms with Crippen LogP contribution < -0.4 is 4.72 Å². The number of rotatable bonds is 4. The summed E-state index contributed by atoms with van der Waals surface area (Å²) in [6, 6.07) is 4.75. The van der Waals surface area contributed by atoms with Gasteiger partial charge in [-0.25, -0.2) is 13.1 Å². The number of nitrogens with one attached hydrogen (secondary N) is 1. The maximum Gasteiger partial charge on any atom is 0.241 e. The summed E-state index contributed by atoms with van der Waals surface area (Å²) in [7, 11) is -3.73. The van der Waals surface area contributed by atoms with Crippen molar-refractivity contribution in [1.29, 1.82) is 0 Å². The zero-order valence-corrected chi connectivity index (χ0v) is 12.8. The first-order valence-electron chi connectivity index (χ1n) is 6.38. The Labute approximate surface area is 124 Å². The van der Waals surface area contributed by atoms with Crippen LogP contribution in [0.3, 0.4) is 0 Å². The molecule has 0 unspecified atom stereocenters. The van der Waals surface area contributed by atoms with Crippen LogP contribution in [0.25, 0.3) is 0 Å². The van der Waals surface area contributed by atoms with Crippen LogP contribution in [0.5, 0.6) is 0 Å². The van der Waals surface area contributed by atoms with Crippen LogP contribution in [0.1, 0.15) is 18.4 Å². The van der Waals surface area contributed by atoms with Crippen molar-refractivity contribution in [1.82, 2.24) is 4.72 Å². The van der Waals surface area contributed by atoms with Crippen molar-refractivity contribution in [2.75, 3.05) is 19.8 Å². The van der Waals surface area contributed by atoms with Crippen LogP contribution in [0.4, 0.5) is 0 Å². The summed E-state index contributed by atoms with van der Waals surface area (Å²) in [5, 5.41) is 9.97. The van der Waals surface area contributed by atoms with Crippen LogP contribution in [0.2, 0.25) is 5.02 Å². The molecule has 1 fully saturated rings. The van der Waals surface area contributed by atoms with Crippen LogP contribution in [0.15, 0.2) is 23.1 Å². The molecule has 0 amide bonds. The first-order valence-corrected chi connectivity index (χ1v) is 8.24. The molecular formula is C13H18ClNO4S. The fourth-order valence-corrected chi connectivity index (χ4v) is 4.22. The maximum absolute atomic E-state index is 12.5. The molecule has 20 heavy (non-hydrogen) atoms. The Morgan fingerprint density at radius 1 is 1.40 bits per heavy atom. The highest BCUT2D eigenvalue weighted by Gasteiger charge is 2.37. The minimum absolute atomic E-state index is 0.143. The van der Waals surface area contributed by atoms with Crippen molar-refractivity contribution in [3.8, 4) is 0 Å². The molecular weight excluding hydrogens is 302 g/mol. The van der Waals surface area contributed by atoms with E-state index in [1.54, 1.807) is 19.1 Å². The molecule has 0 aliphatic carbocycles. The van der Waals surface area contributed by atoms with Crippen LogP contribution in [-0.4, -0.2) is 38.9 Å². The van der Waals surface area contributed by atoms with Gasteiger partial charge in [-0.1, -0.05) is 17.7 Å². The number of aliphatic hydroxyl groups is 1. The molecule has 0 atom stereocenters. The highest BCUT2D eigenvalue weighted by molar-refractivity contribution is 7.89. The van der Waals surface area contributed by atoms with Gasteiger partial charge in [-0.05, 0) is 37.5 Å². The molecule has 0 saturated carbocycles. The smallest absolute Gasteiger partial charge is 0.241 e. The summed E-state index contributed by atoms with van der Waals surface area (Å²) in [5.41, 5.74) is -0.354. The van der Waals surface area contributed by atoms with Gasteiger partial charge in [0.25, 0.3) is 0 Å². The largest absolute Gasteiger partial charge is 0.394 e. The standard InChI is InChI=1S/C13H18ClNO4S/c1-10-11(14)3-2-4-12(10)20(17,18)15-13(9-16)5-7-19-8-6-13/h2-4,15-16H,5-9H2,1H3. The minimum atomic E-state index is -3.73. The number of hydrogen-bond acceptors (Lipinski definition) is 4. The molecule has 1 aliphatic rings. The van der Waals surface area contributed by atoms with Crippen molar-refractivity contribution in [3.05, 3.63) is 28.8 Å². The Bertz CT molecular complexity index is 582. The molecule has 1 heterocycles. The number of hydrogen-bond donors (Lipinski definition) is 2. The lowest BCUT2D eigenvalue weighted by atomic mass is 9.93. The van der Waals surface area contributed by atoms with Gasteiger partial charge in [-0.15, -0.1) is 0 Å². The molecule has 1 aromatic carbocycles. The average molecular weight is 320 g/mol. The van der Waals surface area contributed by atoms with E-state index >= 15 is 0 Å². The van der Waals surface area contributed by atoms with E-state index in [9.17, 15) is 13.5 Å². The highest BCUT2D eigenvalue weighted by atomic mass is 35.5. The molecule has 5 nitrogen and oxygen atoms in total. The summed E-state index contributed by atoms with van der Waals surface area (Å²) in [6.07, 6.45) is 0.894. The van der Waals surface area contributed by atoms with E-state index in [1.807, 2.05) is 0 Å². The normalized spacial score (nSPS) is 18.9. The van der Waals surface area contributed by atoms with Gasteiger partial charge in [0.2, 0.25) is 10.0 Å². The molecule has 112 valence electrons. The van der Waals surface area contributed by atoms with Crippen LogP contribution >= 0.6 is 11.6 Å². The Hall–Kier alpha value is -0.660. The summed E-state index contributed by atoms with van der Waals surface area (Å²) >= 11 is 5.97. The zero-order valence-electron chi connectivity index (χ0n) is 11.2. The monoisotopic (exact) mass is 319 g/mol. The lowest BCUT2D eigenvalue weighted by molar-refractivity contribution is 0.0223. The Morgan fingerprint density at radius 2 is 2.05 bits per heavy atom. The molecule has 7 heteroatoms. The third-order valence-corrected chi connectivity index (χ3v) is 5.74. The molecule has 0 spiro atoms. The topological polar surface area (TPSA) is 75.6 Å². The Kier molecular flexibility index (Phi) is 4.71. The first kappa shape index (κ1) is 15.7. The van der Waals surface area contributed by atoms with E-state index in [-0.39, 0.29) is 11.5 Å². The van der Waals surface area contributed by atoms with E-state index in [0.717, 1.165) is 0 Å². The van der Waals surface area contributed by atoms with Gasteiger partial charge in [0.1, 0.15) is 0 Å². The summed E-state index contributed by atoms with van der Waals surface area (Å²) in [4.78, 5) is 0.143.